The van der Waals surface area contributed by atoms with E-state index in [1.807, 2.05) is 0 Å². The number of rotatable bonds is 3. The quantitative estimate of drug-likeness (QED) is 0.770. The highest BCUT2D eigenvalue weighted by molar-refractivity contribution is 7.87. The molecule has 1 aliphatic carbocycles. The van der Waals surface area contributed by atoms with Crippen molar-refractivity contribution in [2.24, 2.45) is 0 Å². The summed E-state index contributed by atoms with van der Waals surface area (Å²) in [6, 6.07) is 0. The van der Waals surface area contributed by atoms with E-state index < -0.39 is 21.4 Å². The van der Waals surface area contributed by atoms with Crippen LogP contribution in [0.2, 0.25) is 0 Å². The van der Waals surface area contributed by atoms with Gasteiger partial charge < -0.3 is 0 Å². The molecule has 0 radical (unpaired) electrons. The van der Waals surface area contributed by atoms with Crippen molar-refractivity contribution in [2.75, 3.05) is 11.4 Å². The molecule has 18 heavy (non-hydrogen) atoms. The van der Waals surface area contributed by atoms with E-state index >= 15 is 0 Å². The topological polar surface area (TPSA) is 80.2 Å². The summed E-state index contributed by atoms with van der Waals surface area (Å²) in [7, 11) is -4.68. The third-order valence-corrected chi connectivity index (χ3v) is 5.30. The van der Waals surface area contributed by atoms with Gasteiger partial charge in [-0.3, -0.25) is 9.69 Å². The van der Waals surface area contributed by atoms with Gasteiger partial charge in [0.15, 0.2) is 0 Å². The van der Waals surface area contributed by atoms with Crippen molar-refractivity contribution in [3.05, 3.63) is 5.01 Å². The zero-order valence-corrected chi connectivity index (χ0v) is 10.9. The molecule has 0 N–H and O–H groups in total. The minimum Gasteiger partial charge on any atom is -0.285 e. The maximum atomic E-state index is 12.9. The molecule has 0 aromatic carbocycles. The van der Waals surface area contributed by atoms with E-state index in [0.29, 0.717) is 11.0 Å². The molecule has 3 rings (SSSR count). The molecule has 1 aromatic heterocycles. The highest BCUT2D eigenvalue weighted by Gasteiger charge is 2.40. The molecule has 1 unspecified atom stereocenters. The summed E-state index contributed by atoms with van der Waals surface area (Å²) in [4.78, 5) is 12.9. The van der Waals surface area contributed by atoms with Crippen LogP contribution in [0.1, 0.15) is 30.2 Å². The van der Waals surface area contributed by atoms with Gasteiger partial charge in [-0.1, -0.05) is 11.3 Å². The Morgan fingerprint density at radius 2 is 2.06 bits per heavy atom. The number of amides is 1. The Morgan fingerprint density at radius 1 is 1.33 bits per heavy atom. The Hall–Kier alpha value is -1.09. The normalized spacial score (nSPS) is 24.8. The van der Waals surface area contributed by atoms with E-state index in [2.05, 4.69) is 10.2 Å². The molecule has 1 saturated carbocycles. The van der Waals surface area contributed by atoms with Crippen LogP contribution in [0, 0.1) is 0 Å². The molecule has 98 valence electrons. The van der Waals surface area contributed by atoms with Crippen molar-refractivity contribution in [3.8, 4) is 0 Å². The average Bonchev–Trinajstić information content (AvgIpc) is 2.86. The third-order valence-electron chi connectivity index (χ3n) is 3.08. The fourth-order valence-corrected chi connectivity index (χ4v) is 3.59. The monoisotopic (exact) mass is 291 g/mol. The Labute approximate surface area is 107 Å². The predicted octanol–water partition coefficient (Wildman–Crippen LogP) is 0.820. The number of hydrogen-bond acceptors (Lipinski definition) is 6. The van der Waals surface area contributed by atoms with Crippen LogP contribution in [0.15, 0.2) is 0 Å². The van der Waals surface area contributed by atoms with Gasteiger partial charge in [0.25, 0.3) is 0 Å². The second-order valence-corrected chi connectivity index (χ2v) is 7.11. The van der Waals surface area contributed by atoms with Crippen LogP contribution in [-0.4, -0.2) is 36.3 Å². The Balaban J connectivity index is 1.81. The second kappa shape index (κ2) is 3.95. The van der Waals surface area contributed by atoms with Crippen LogP contribution in [0.3, 0.4) is 0 Å². The lowest BCUT2D eigenvalue weighted by molar-refractivity contribution is -0.117. The van der Waals surface area contributed by atoms with Gasteiger partial charge in [-0.15, -0.1) is 14.1 Å². The molecule has 2 fully saturated rings. The van der Waals surface area contributed by atoms with Gasteiger partial charge in [0.05, 0.1) is 0 Å². The molecule has 9 heteroatoms. The number of hydrogen-bond donors (Lipinski definition) is 0. The fraction of sp³-hybridized carbons (Fsp3) is 0.667. The van der Waals surface area contributed by atoms with Crippen LogP contribution < -0.4 is 4.90 Å². The summed E-state index contributed by atoms with van der Waals surface area (Å²) in [6.07, 6.45) is 1.82. The van der Waals surface area contributed by atoms with Gasteiger partial charge in [-0.2, -0.15) is 8.42 Å². The summed E-state index contributed by atoms with van der Waals surface area (Å²) in [5.74, 6) is 0.00869. The van der Waals surface area contributed by atoms with Gasteiger partial charge in [-0.05, 0) is 12.8 Å². The molecule has 0 spiro atoms. The van der Waals surface area contributed by atoms with E-state index in [1.54, 1.807) is 0 Å². The fourth-order valence-electron chi connectivity index (χ4n) is 1.88. The van der Waals surface area contributed by atoms with Crippen molar-refractivity contribution in [1.29, 1.82) is 0 Å². The molecule has 1 aliphatic heterocycles. The Bertz CT molecular complexity index is 596. The predicted molar refractivity (Wildman–Crippen MR) is 62.7 cm³/mol. The van der Waals surface area contributed by atoms with Crippen LogP contribution in [-0.2, 0) is 15.0 Å². The van der Waals surface area contributed by atoms with E-state index in [1.165, 1.54) is 16.2 Å². The number of aromatic nitrogens is 2. The first kappa shape index (κ1) is 12.0. The van der Waals surface area contributed by atoms with Crippen molar-refractivity contribution in [1.82, 2.24) is 10.2 Å². The minimum atomic E-state index is -4.68. The SMILES string of the molecule is O=C1CC(S(=O)(=O)F)CN1c1nnc(C2CC2)s1. The van der Waals surface area contributed by atoms with Crippen molar-refractivity contribution in [3.63, 3.8) is 0 Å². The molecular formula is C9H10FN3O3S2. The van der Waals surface area contributed by atoms with Crippen molar-refractivity contribution >= 4 is 32.6 Å². The third kappa shape index (κ3) is 2.12. The summed E-state index contributed by atoms with van der Waals surface area (Å²) in [5, 5.41) is 7.81. The molecule has 0 bridgehead atoms. The summed E-state index contributed by atoms with van der Waals surface area (Å²) in [6.45, 7) is -0.170. The van der Waals surface area contributed by atoms with Gasteiger partial charge in [0.2, 0.25) is 11.0 Å². The van der Waals surface area contributed by atoms with Gasteiger partial charge >= 0.3 is 10.2 Å². The van der Waals surface area contributed by atoms with E-state index in [4.69, 9.17) is 0 Å². The van der Waals surface area contributed by atoms with E-state index in [0.717, 1.165) is 17.8 Å². The summed E-state index contributed by atoms with van der Waals surface area (Å²) >= 11 is 1.28. The molecule has 6 nitrogen and oxygen atoms in total. The first-order valence-corrected chi connectivity index (χ1v) is 7.78. The van der Waals surface area contributed by atoms with E-state index in [9.17, 15) is 17.1 Å². The number of nitrogens with zero attached hydrogens (tertiary/aromatic N) is 3. The van der Waals surface area contributed by atoms with Crippen LogP contribution in [0.4, 0.5) is 9.02 Å². The molecule has 1 amide bonds. The Kier molecular flexibility index (Phi) is 2.63. The standard InChI is InChI=1S/C9H10FN3O3S2/c10-18(15,16)6-3-7(14)13(4-6)9-12-11-8(17-9)5-1-2-5/h5-6H,1-4H2. The van der Waals surface area contributed by atoms with Crippen molar-refractivity contribution < 1.29 is 17.1 Å². The largest absolute Gasteiger partial charge is 0.307 e. The Morgan fingerprint density at radius 3 is 2.61 bits per heavy atom. The number of anilines is 1. The minimum absolute atomic E-state index is 0.170. The highest BCUT2D eigenvalue weighted by atomic mass is 32.3. The summed E-state index contributed by atoms with van der Waals surface area (Å²) < 4.78 is 34.5. The molecule has 1 saturated heterocycles. The van der Waals surface area contributed by atoms with Crippen LogP contribution in [0.25, 0.3) is 0 Å². The zero-order valence-electron chi connectivity index (χ0n) is 9.24. The van der Waals surface area contributed by atoms with E-state index in [-0.39, 0.29) is 13.0 Å². The smallest absolute Gasteiger partial charge is 0.285 e. The lowest BCUT2D eigenvalue weighted by Crippen LogP contribution is -2.26. The maximum Gasteiger partial charge on any atom is 0.307 e. The molecule has 1 atom stereocenters. The molecule has 2 aliphatic rings. The first-order chi connectivity index (χ1) is 8.45. The number of halogens is 1. The zero-order chi connectivity index (χ0) is 12.9. The lowest BCUT2D eigenvalue weighted by atomic mass is 10.4. The number of carbonyl (C=O) groups is 1. The van der Waals surface area contributed by atoms with Gasteiger partial charge in [0.1, 0.15) is 10.3 Å². The molecular weight excluding hydrogens is 281 g/mol. The maximum absolute atomic E-state index is 12.9. The molecule has 1 aromatic rings. The van der Waals surface area contributed by atoms with Gasteiger partial charge in [-0.25, -0.2) is 0 Å². The summed E-state index contributed by atoms with van der Waals surface area (Å²) in [5.41, 5.74) is 0. The van der Waals surface area contributed by atoms with Crippen LogP contribution >= 0.6 is 11.3 Å². The average molecular weight is 291 g/mol. The van der Waals surface area contributed by atoms with Gasteiger partial charge in [0, 0.05) is 18.9 Å². The number of carbonyl (C=O) groups excluding carboxylic acids is 1. The van der Waals surface area contributed by atoms with Crippen molar-refractivity contribution in [2.45, 2.75) is 30.4 Å². The second-order valence-electron chi connectivity index (χ2n) is 4.50. The molecule has 2 heterocycles. The lowest BCUT2D eigenvalue weighted by Gasteiger charge is -2.10. The van der Waals surface area contributed by atoms with Crippen LogP contribution in [0.5, 0.6) is 0 Å². The highest BCUT2D eigenvalue weighted by Crippen LogP contribution is 2.43. The first-order valence-electron chi connectivity index (χ1n) is 5.52.